The smallest absolute Gasteiger partial charge is 0.338 e. The minimum Gasteiger partial charge on any atom is -0.478 e. The first kappa shape index (κ1) is 22.1. The first-order chi connectivity index (χ1) is 15.7. The molecule has 3 aromatic rings. The Morgan fingerprint density at radius 1 is 1.27 bits per heavy atom. The number of primary amides is 1. The Kier molecular flexibility index (Phi) is 5.68. The normalized spacial score (nSPS) is 16.0. The summed E-state index contributed by atoms with van der Waals surface area (Å²) < 4.78 is 31.3. The average Bonchev–Trinajstić information content (AvgIpc) is 3.43. The van der Waals surface area contributed by atoms with Gasteiger partial charge in [0.1, 0.15) is 12.2 Å². The number of aromatic nitrogens is 1. The SMILES string of the molecule is CCS(=O)(=O)Nc1ccc(C(C(N)=O)N2c3c(C(=O)O)ccnc3NC2c2ccoc2)cc1. The molecule has 1 amide bonds. The molecule has 0 spiro atoms. The molecule has 33 heavy (non-hydrogen) atoms. The molecule has 172 valence electrons. The number of anilines is 3. The largest absolute Gasteiger partial charge is 0.478 e. The van der Waals surface area contributed by atoms with Crippen LogP contribution in [0.15, 0.2) is 59.5 Å². The fraction of sp³-hybridized carbons (Fsp3) is 0.190. The van der Waals surface area contributed by atoms with Crippen LogP contribution in [0.5, 0.6) is 0 Å². The molecule has 5 N–H and O–H groups in total. The zero-order chi connectivity index (χ0) is 23.8. The zero-order valence-corrected chi connectivity index (χ0v) is 18.2. The van der Waals surface area contributed by atoms with Crippen molar-refractivity contribution in [2.45, 2.75) is 19.1 Å². The molecule has 3 heterocycles. The van der Waals surface area contributed by atoms with Crippen molar-refractivity contribution in [3.05, 3.63) is 71.8 Å². The van der Waals surface area contributed by atoms with E-state index in [0.29, 0.717) is 16.8 Å². The van der Waals surface area contributed by atoms with Crippen LogP contribution in [0.25, 0.3) is 0 Å². The highest BCUT2D eigenvalue weighted by molar-refractivity contribution is 7.92. The number of pyridine rings is 1. The average molecular weight is 471 g/mol. The number of hydrogen-bond acceptors (Lipinski definition) is 8. The topological polar surface area (TPSA) is 168 Å². The zero-order valence-electron chi connectivity index (χ0n) is 17.4. The molecule has 0 saturated heterocycles. The van der Waals surface area contributed by atoms with Gasteiger partial charge >= 0.3 is 5.97 Å². The molecule has 1 aliphatic rings. The third kappa shape index (κ3) is 4.20. The fourth-order valence-electron chi connectivity index (χ4n) is 3.72. The minimum absolute atomic E-state index is 0.0583. The van der Waals surface area contributed by atoms with Gasteiger partial charge < -0.3 is 25.5 Å². The number of carboxylic acids is 1. The Morgan fingerprint density at radius 2 is 2.00 bits per heavy atom. The van der Waals surface area contributed by atoms with Crippen LogP contribution in [0.2, 0.25) is 0 Å². The molecule has 2 atom stereocenters. The Hall–Kier alpha value is -4.06. The van der Waals surface area contributed by atoms with Gasteiger partial charge in [0.15, 0.2) is 5.82 Å². The van der Waals surface area contributed by atoms with E-state index in [1.54, 1.807) is 23.1 Å². The lowest BCUT2D eigenvalue weighted by atomic mass is 10.0. The van der Waals surface area contributed by atoms with Gasteiger partial charge in [0.25, 0.3) is 0 Å². The molecule has 11 nitrogen and oxygen atoms in total. The van der Waals surface area contributed by atoms with Gasteiger partial charge in [-0.25, -0.2) is 18.2 Å². The first-order valence-electron chi connectivity index (χ1n) is 9.91. The Bertz CT molecular complexity index is 1290. The number of carbonyl (C=O) groups is 2. The number of carboxylic acid groups (broad SMARTS) is 1. The first-order valence-corrected chi connectivity index (χ1v) is 11.6. The lowest BCUT2D eigenvalue weighted by molar-refractivity contribution is -0.119. The molecular formula is C21H21N5O6S. The molecule has 0 aliphatic carbocycles. The molecule has 1 aliphatic heterocycles. The number of nitrogens with two attached hydrogens (primary N) is 1. The molecule has 4 rings (SSSR count). The van der Waals surface area contributed by atoms with Crippen molar-refractivity contribution in [2.75, 3.05) is 20.7 Å². The van der Waals surface area contributed by atoms with Gasteiger partial charge in [-0.2, -0.15) is 0 Å². The highest BCUT2D eigenvalue weighted by atomic mass is 32.2. The van der Waals surface area contributed by atoms with Crippen LogP contribution in [0.4, 0.5) is 17.2 Å². The van der Waals surface area contributed by atoms with Crippen molar-refractivity contribution in [1.82, 2.24) is 4.98 Å². The number of sulfonamides is 1. The molecule has 0 radical (unpaired) electrons. The van der Waals surface area contributed by atoms with Gasteiger partial charge in [-0.1, -0.05) is 12.1 Å². The summed E-state index contributed by atoms with van der Waals surface area (Å²) in [4.78, 5) is 30.4. The second kappa shape index (κ2) is 8.47. The Balaban J connectivity index is 1.82. The monoisotopic (exact) mass is 471 g/mol. The summed E-state index contributed by atoms with van der Waals surface area (Å²) in [5, 5.41) is 12.9. The molecule has 0 saturated carbocycles. The van der Waals surface area contributed by atoms with Crippen molar-refractivity contribution < 1.29 is 27.5 Å². The summed E-state index contributed by atoms with van der Waals surface area (Å²) in [6, 6.07) is 8.06. The number of carbonyl (C=O) groups excluding carboxylic acids is 1. The third-order valence-electron chi connectivity index (χ3n) is 5.25. The number of aromatic carboxylic acids is 1. The summed E-state index contributed by atoms with van der Waals surface area (Å²) in [6.07, 6.45) is 3.59. The lowest BCUT2D eigenvalue weighted by Gasteiger charge is -2.33. The second-order valence-corrected chi connectivity index (χ2v) is 9.32. The van der Waals surface area contributed by atoms with Gasteiger partial charge in [0.2, 0.25) is 15.9 Å². The van der Waals surface area contributed by atoms with E-state index in [2.05, 4.69) is 15.0 Å². The van der Waals surface area contributed by atoms with Crippen LogP contribution >= 0.6 is 0 Å². The Morgan fingerprint density at radius 3 is 2.58 bits per heavy atom. The van der Waals surface area contributed by atoms with Crippen LogP contribution in [0.3, 0.4) is 0 Å². The molecule has 12 heteroatoms. The van der Waals surface area contributed by atoms with Gasteiger partial charge in [-0.05, 0) is 36.8 Å². The van der Waals surface area contributed by atoms with Crippen molar-refractivity contribution >= 4 is 39.1 Å². The molecule has 0 bridgehead atoms. The number of hydrogen-bond donors (Lipinski definition) is 4. The van der Waals surface area contributed by atoms with E-state index in [-0.39, 0.29) is 22.8 Å². The minimum atomic E-state index is -3.48. The van der Waals surface area contributed by atoms with E-state index in [4.69, 9.17) is 10.2 Å². The fourth-order valence-corrected chi connectivity index (χ4v) is 4.36. The van der Waals surface area contributed by atoms with E-state index < -0.39 is 34.1 Å². The standard InChI is InChI=1S/C21H21N5O6S/c1-2-33(30,31)25-14-5-3-12(4-6-14)16(18(22)27)26-17-15(21(28)29)7-9-23-19(17)24-20(26)13-8-10-32-11-13/h3-11,16,20,25H,2H2,1H3,(H2,22,27)(H,23,24)(H,28,29). The van der Waals surface area contributed by atoms with Crippen LogP contribution < -0.4 is 20.7 Å². The summed E-state index contributed by atoms with van der Waals surface area (Å²) in [7, 11) is -3.48. The van der Waals surface area contributed by atoms with Crippen LogP contribution in [-0.2, 0) is 14.8 Å². The molecule has 0 fully saturated rings. The van der Waals surface area contributed by atoms with E-state index in [9.17, 15) is 23.1 Å². The van der Waals surface area contributed by atoms with Crippen LogP contribution in [0.1, 0.15) is 40.6 Å². The maximum Gasteiger partial charge on any atom is 0.338 e. The molecular weight excluding hydrogens is 450 g/mol. The summed E-state index contributed by atoms with van der Waals surface area (Å²) in [5.74, 6) is -1.74. The number of benzene rings is 1. The maximum atomic E-state index is 12.7. The van der Waals surface area contributed by atoms with E-state index in [0.717, 1.165) is 0 Å². The highest BCUT2D eigenvalue weighted by Gasteiger charge is 2.42. The van der Waals surface area contributed by atoms with Gasteiger partial charge in [-0.15, -0.1) is 0 Å². The Labute approximate surface area is 189 Å². The third-order valence-corrected chi connectivity index (χ3v) is 6.56. The summed E-state index contributed by atoms with van der Waals surface area (Å²) in [5.41, 5.74) is 7.33. The maximum absolute atomic E-state index is 12.7. The number of fused-ring (bicyclic) bond motifs is 1. The van der Waals surface area contributed by atoms with E-state index >= 15 is 0 Å². The van der Waals surface area contributed by atoms with Gasteiger partial charge in [0.05, 0.1) is 29.5 Å². The van der Waals surface area contributed by atoms with Gasteiger partial charge in [0, 0.05) is 17.4 Å². The van der Waals surface area contributed by atoms with Crippen molar-refractivity contribution in [1.29, 1.82) is 0 Å². The quantitative estimate of drug-likeness (QED) is 0.385. The van der Waals surface area contributed by atoms with Gasteiger partial charge in [-0.3, -0.25) is 9.52 Å². The highest BCUT2D eigenvalue weighted by Crippen LogP contribution is 2.47. The number of furan rings is 1. The number of rotatable bonds is 8. The molecule has 2 unspecified atom stereocenters. The molecule has 1 aromatic carbocycles. The second-order valence-electron chi connectivity index (χ2n) is 7.30. The molecule has 2 aromatic heterocycles. The summed E-state index contributed by atoms with van der Waals surface area (Å²) in [6.45, 7) is 1.52. The van der Waals surface area contributed by atoms with Crippen molar-refractivity contribution in [2.24, 2.45) is 5.73 Å². The van der Waals surface area contributed by atoms with Crippen LogP contribution in [-0.4, -0.2) is 36.1 Å². The predicted molar refractivity (Wildman–Crippen MR) is 120 cm³/mol. The lowest BCUT2D eigenvalue weighted by Crippen LogP contribution is -2.40. The number of nitrogens with zero attached hydrogens (tertiary/aromatic N) is 2. The van der Waals surface area contributed by atoms with Crippen molar-refractivity contribution in [3.63, 3.8) is 0 Å². The van der Waals surface area contributed by atoms with E-state index in [1.807, 2.05) is 0 Å². The van der Waals surface area contributed by atoms with E-state index in [1.165, 1.54) is 43.8 Å². The van der Waals surface area contributed by atoms with Crippen molar-refractivity contribution in [3.8, 4) is 0 Å². The predicted octanol–water partition coefficient (Wildman–Crippen LogP) is 2.29. The number of nitrogens with one attached hydrogen (secondary N) is 2. The summed E-state index contributed by atoms with van der Waals surface area (Å²) >= 11 is 0. The van der Waals surface area contributed by atoms with Crippen LogP contribution in [0, 0.1) is 0 Å². The number of amides is 1.